The second-order valence-electron chi connectivity index (χ2n) is 8.34. The van der Waals surface area contributed by atoms with Crippen LogP contribution in [0.4, 0.5) is 10.6 Å². The fraction of sp³-hybridized carbons (Fsp3) is 0.192. The standard InChI is InChI=1S/C26H25N3O3/c1-26(2,3)32-25(30)28-17-21-14-20-16-27-23(15-22(20)31-21)29-24(18-10-6-4-7-11-18)19-12-8-5-9-13-19/h4-16H,17H2,1-3H3,(H,28,30). The van der Waals surface area contributed by atoms with Gasteiger partial charge in [-0.2, -0.15) is 0 Å². The lowest BCUT2D eigenvalue weighted by Gasteiger charge is -2.19. The van der Waals surface area contributed by atoms with Crippen molar-refractivity contribution in [3.63, 3.8) is 0 Å². The molecular weight excluding hydrogens is 402 g/mol. The van der Waals surface area contributed by atoms with Crippen molar-refractivity contribution in [3.05, 3.63) is 95.9 Å². The Morgan fingerprint density at radius 2 is 1.62 bits per heavy atom. The number of rotatable bonds is 5. The molecular formula is C26H25N3O3. The Morgan fingerprint density at radius 3 is 2.22 bits per heavy atom. The summed E-state index contributed by atoms with van der Waals surface area (Å²) in [5, 5.41) is 3.54. The zero-order chi connectivity index (χ0) is 22.6. The molecule has 1 amide bonds. The molecule has 0 aliphatic heterocycles. The maximum absolute atomic E-state index is 11.9. The molecule has 162 valence electrons. The van der Waals surface area contributed by atoms with Crippen LogP contribution in [0.25, 0.3) is 11.0 Å². The maximum atomic E-state index is 11.9. The van der Waals surface area contributed by atoms with Crippen LogP contribution in [-0.2, 0) is 11.3 Å². The number of aromatic nitrogens is 1. The highest BCUT2D eigenvalue weighted by atomic mass is 16.6. The molecule has 1 N–H and O–H groups in total. The Balaban J connectivity index is 1.60. The first-order chi connectivity index (χ1) is 15.4. The van der Waals surface area contributed by atoms with Crippen molar-refractivity contribution >= 4 is 28.6 Å². The highest BCUT2D eigenvalue weighted by Gasteiger charge is 2.16. The normalized spacial score (nSPS) is 11.2. The van der Waals surface area contributed by atoms with Crippen molar-refractivity contribution < 1.29 is 13.9 Å². The van der Waals surface area contributed by atoms with Crippen LogP contribution in [0.15, 0.2) is 88.4 Å². The van der Waals surface area contributed by atoms with Crippen LogP contribution < -0.4 is 5.32 Å². The number of amides is 1. The summed E-state index contributed by atoms with van der Waals surface area (Å²) in [4.78, 5) is 21.2. The third-order valence-corrected chi connectivity index (χ3v) is 4.56. The summed E-state index contributed by atoms with van der Waals surface area (Å²) in [6.45, 7) is 5.68. The van der Waals surface area contributed by atoms with Gasteiger partial charge in [-0.25, -0.2) is 14.8 Å². The van der Waals surface area contributed by atoms with E-state index in [2.05, 4.69) is 10.3 Å². The van der Waals surface area contributed by atoms with Crippen LogP contribution in [0.3, 0.4) is 0 Å². The average molecular weight is 428 g/mol. The molecule has 0 saturated carbocycles. The first kappa shape index (κ1) is 21.3. The molecule has 32 heavy (non-hydrogen) atoms. The van der Waals surface area contributed by atoms with Crippen LogP contribution in [0.5, 0.6) is 0 Å². The molecule has 2 aromatic heterocycles. The van der Waals surface area contributed by atoms with Crippen LogP contribution in [0, 0.1) is 0 Å². The van der Waals surface area contributed by atoms with E-state index in [1.807, 2.05) is 87.5 Å². The quantitative estimate of drug-likeness (QED) is 0.395. The zero-order valence-electron chi connectivity index (χ0n) is 18.3. The molecule has 4 aromatic rings. The van der Waals surface area contributed by atoms with E-state index in [9.17, 15) is 4.79 Å². The summed E-state index contributed by atoms with van der Waals surface area (Å²) in [5.74, 6) is 1.15. The van der Waals surface area contributed by atoms with Gasteiger partial charge in [0.1, 0.15) is 16.9 Å². The van der Waals surface area contributed by atoms with Gasteiger partial charge in [0.15, 0.2) is 5.82 Å². The van der Waals surface area contributed by atoms with Gasteiger partial charge in [-0.3, -0.25) is 0 Å². The fourth-order valence-electron chi connectivity index (χ4n) is 3.20. The SMILES string of the molecule is CC(C)(C)OC(=O)NCc1cc2cnc(N=C(c3ccccc3)c3ccccc3)cc2o1. The highest BCUT2D eigenvalue weighted by molar-refractivity contribution is 6.13. The molecule has 0 aliphatic rings. The van der Waals surface area contributed by atoms with Gasteiger partial charge in [-0.05, 0) is 26.8 Å². The number of nitrogens with zero attached hydrogens (tertiary/aromatic N) is 2. The maximum Gasteiger partial charge on any atom is 0.408 e. The first-order valence-corrected chi connectivity index (χ1v) is 10.4. The van der Waals surface area contributed by atoms with Gasteiger partial charge in [0.2, 0.25) is 0 Å². The monoisotopic (exact) mass is 427 g/mol. The van der Waals surface area contributed by atoms with Crippen molar-refractivity contribution in [3.8, 4) is 0 Å². The van der Waals surface area contributed by atoms with E-state index < -0.39 is 11.7 Å². The Hall–Kier alpha value is -3.93. The minimum atomic E-state index is -0.552. The third kappa shape index (κ3) is 5.40. The largest absolute Gasteiger partial charge is 0.459 e. The zero-order valence-corrected chi connectivity index (χ0v) is 18.3. The van der Waals surface area contributed by atoms with Crippen molar-refractivity contribution in [1.82, 2.24) is 10.3 Å². The second kappa shape index (κ2) is 9.06. The third-order valence-electron chi connectivity index (χ3n) is 4.56. The molecule has 2 aromatic carbocycles. The number of alkyl carbamates (subject to hydrolysis) is 1. The predicted octanol–water partition coefficient (Wildman–Crippen LogP) is 6.02. The van der Waals surface area contributed by atoms with E-state index in [-0.39, 0.29) is 6.54 Å². The number of fused-ring (bicyclic) bond motifs is 1. The second-order valence-corrected chi connectivity index (χ2v) is 8.34. The summed E-state index contributed by atoms with van der Waals surface area (Å²) in [7, 11) is 0. The summed E-state index contributed by atoms with van der Waals surface area (Å²) < 4.78 is 11.2. The Labute approximate surface area is 187 Å². The topological polar surface area (TPSA) is 76.7 Å². The molecule has 0 spiro atoms. The van der Waals surface area contributed by atoms with Crippen molar-refractivity contribution in [2.75, 3.05) is 0 Å². The number of hydrogen-bond donors (Lipinski definition) is 1. The van der Waals surface area contributed by atoms with Crippen molar-refractivity contribution in [2.24, 2.45) is 4.99 Å². The molecule has 6 nitrogen and oxygen atoms in total. The number of hydrogen-bond acceptors (Lipinski definition) is 5. The predicted molar refractivity (Wildman–Crippen MR) is 125 cm³/mol. The van der Waals surface area contributed by atoms with Crippen LogP contribution in [0.1, 0.15) is 37.7 Å². The van der Waals surface area contributed by atoms with Gasteiger partial charge in [-0.15, -0.1) is 0 Å². The summed E-state index contributed by atoms with van der Waals surface area (Å²) >= 11 is 0. The van der Waals surface area contributed by atoms with Gasteiger partial charge in [0.05, 0.1) is 12.3 Å². The van der Waals surface area contributed by atoms with Gasteiger partial charge in [0.25, 0.3) is 0 Å². The molecule has 2 heterocycles. The van der Waals surface area contributed by atoms with E-state index in [1.165, 1.54) is 0 Å². The summed E-state index contributed by atoms with van der Waals surface area (Å²) in [6, 6.07) is 23.7. The van der Waals surface area contributed by atoms with Gasteiger partial charge in [-0.1, -0.05) is 60.7 Å². The van der Waals surface area contributed by atoms with Gasteiger partial charge >= 0.3 is 6.09 Å². The lowest BCUT2D eigenvalue weighted by molar-refractivity contribution is 0.0520. The molecule has 0 saturated heterocycles. The van der Waals surface area contributed by atoms with Gasteiger partial charge < -0.3 is 14.5 Å². The van der Waals surface area contributed by atoms with Gasteiger partial charge in [0, 0.05) is 28.8 Å². The van der Waals surface area contributed by atoms with E-state index in [4.69, 9.17) is 14.1 Å². The first-order valence-electron chi connectivity index (χ1n) is 10.4. The minimum absolute atomic E-state index is 0.224. The molecule has 4 rings (SSSR count). The van der Waals surface area contributed by atoms with Crippen LogP contribution >= 0.6 is 0 Å². The van der Waals surface area contributed by atoms with Crippen LogP contribution in [0.2, 0.25) is 0 Å². The number of carbonyl (C=O) groups excluding carboxylic acids is 1. The van der Waals surface area contributed by atoms with E-state index in [0.29, 0.717) is 17.2 Å². The molecule has 0 radical (unpaired) electrons. The molecule has 0 aliphatic carbocycles. The Bertz CT molecular complexity index is 1200. The average Bonchev–Trinajstić information content (AvgIpc) is 3.18. The smallest absolute Gasteiger partial charge is 0.408 e. The lowest BCUT2D eigenvalue weighted by Crippen LogP contribution is -2.32. The number of pyridine rings is 1. The number of benzene rings is 2. The lowest BCUT2D eigenvalue weighted by atomic mass is 10.0. The number of carbonyl (C=O) groups is 1. The van der Waals surface area contributed by atoms with E-state index >= 15 is 0 Å². The highest BCUT2D eigenvalue weighted by Crippen LogP contribution is 2.24. The molecule has 0 atom stereocenters. The summed E-state index contributed by atoms with van der Waals surface area (Å²) in [6.07, 6.45) is 1.24. The fourth-order valence-corrected chi connectivity index (χ4v) is 3.20. The number of aliphatic imine (C=N–C) groups is 1. The minimum Gasteiger partial charge on any atom is -0.459 e. The molecule has 0 fully saturated rings. The van der Waals surface area contributed by atoms with Crippen LogP contribution in [-0.4, -0.2) is 22.4 Å². The molecule has 0 bridgehead atoms. The van der Waals surface area contributed by atoms with E-state index in [0.717, 1.165) is 22.2 Å². The molecule has 6 heteroatoms. The molecule has 0 unspecified atom stereocenters. The summed E-state index contributed by atoms with van der Waals surface area (Å²) in [5.41, 5.74) is 2.94. The number of furan rings is 1. The Morgan fingerprint density at radius 1 is 1.00 bits per heavy atom. The van der Waals surface area contributed by atoms with Crippen molar-refractivity contribution in [1.29, 1.82) is 0 Å². The Kier molecular flexibility index (Phi) is 6.03. The number of nitrogens with one attached hydrogen (secondary N) is 1. The van der Waals surface area contributed by atoms with Crippen molar-refractivity contribution in [2.45, 2.75) is 32.9 Å². The number of ether oxygens (including phenoxy) is 1. The van der Waals surface area contributed by atoms with E-state index in [1.54, 1.807) is 12.3 Å².